The molecule has 0 radical (unpaired) electrons. The van der Waals surface area contributed by atoms with Crippen molar-refractivity contribution in [2.75, 3.05) is 0 Å². The van der Waals surface area contributed by atoms with Crippen molar-refractivity contribution in [3.8, 4) is 0 Å². The van der Waals surface area contributed by atoms with Crippen LogP contribution in [-0.4, -0.2) is 26.3 Å². The van der Waals surface area contributed by atoms with E-state index < -0.39 is 20.2 Å². The zero-order chi connectivity index (χ0) is 19.3. The van der Waals surface area contributed by atoms with Crippen molar-refractivity contribution >= 4 is 25.4 Å². The molecule has 6 nitrogen and oxygen atoms in total. The number of hydrogen-bond donors (Lipinski definition) is 0. The molecule has 0 bridgehead atoms. The lowest BCUT2D eigenvalue weighted by Gasteiger charge is -2.32. The Hall–Kier alpha value is -1.86. The first-order valence-electron chi connectivity index (χ1n) is 9.05. The summed E-state index contributed by atoms with van der Waals surface area (Å²) in [7, 11) is -1.43. The molecule has 1 saturated carbocycles. The summed E-state index contributed by atoms with van der Waals surface area (Å²) in [6, 6.07) is 7.15. The summed E-state index contributed by atoms with van der Waals surface area (Å²) in [5, 5.41) is 5.52. The highest BCUT2D eigenvalue weighted by Crippen LogP contribution is 2.31. The fraction of sp³-hybridized carbons (Fsp3) is 0.579. The molecule has 144 valence electrons. The zero-order valence-corrected chi connectivity index (χ0v) is 17.1. The van der Waals surface area contributed by atoms with Gasteiger partial charge in [0.05, 0.1) is 18.7 Å². The summed E-state index contributed by atoms with van der Waals surface area (Å²) >= 11 is 0. The number of hydrogen-bond acceptors (Lipinski definition) is 6. The van der Waals surface area contributed by atoms with E-state index in [1.165, 1.54) is 5.19 Å². The molecule has 1 fully saturated rings. The quantitative estimate of drug-likeness (QED) is 0.330. The molecule has 0 N–H and O–H groups in total. The van der Waals surface area contributed by atoms with Gasteiger partial charge in [-0.2, -0.15) is 0 Å². The van der Waals surface area contributed by atoms with Crippen molar-refractivity contribution in [1.29, 1.82) is 0 Å². The SMILES string of the molecule is CC1CCCC(OC(=O)OOOC(=O)c2ccc([Si](C)(C)C)cc2)C1C. The van der Waals surface area contributed by atoms with Gasteiger partial charge in [-0.1, -0.05) is 57.2 Å². The Morgan fingerprint density at radius 2 is 1.65 bits per heavy atom. The Morgan fingerprint density at radius 1 is 1.00 bits per heavy atom. The van der Waals surface area contributed by atoms with Gasteiger partial charge in [0.25, 0.3) is 0 Å². The zero-order valence-electron chi connectivity index (χ0n) is 16.1. The molecule has 3 unspecified atom stereocenters. The van der Waals surface area contributed by atoms with Crippen LogP contribution in [0.15, 0.2) is 24.3 Å². The monoisotopic (exact) mass is 380 g/mol. The van der Waals surface area contributed by atoms with Crippen LogP contribution in [0.3, 0.4) is 0 Å². The van der Waals surface area contributed by atoms with Gasteiger partial charge in [0.15, 0.2) is 0 Å². The van der Waals surface area contributed by atoms with E-state index in [0.29, 0.717) is 11.5 Å². The smallest absolute Gasteiger partial charge is 0.429 e. The Balaban J connectivity index is 1.76. The molecule has 0 aliphatic heterocycles. The largest absolute Gasteiger partial charge is 0.543 e. The average Bonchev–Trinajstić information content (AvgIpc) is 2.58. The van der Waals surface area contributed by atoms with Gasteiger partial charge in [0.1, 0.15) is 6.10 Å². The van der Waals surface area contributed by atoms with Crippen LogP contribution >= 0.6 is 0 Å². The highest BCUT2D eigenvalue weighted by atomic mass is 28.3. The first-order chi connectivity index (χ1) is 12.2. The Morgan fingerprint density at radius 3 is 2.27 bits per heavy atom. The van der Waals surface area contributed by atoms with E-state index in [1.807, 2.05) is 19.1 Å². The van der Waals surface area contributed by atoms with Crippen molar-refractivity contribution in [3.63, 3.8) is 0 Å². The second-order valence-electron chi connectivity index (χ2n) is 8.02. The van der Waals surface area contributed by atoms with E-state index in [0.717, 1.165) is 19.3 Å². The van der Waals surface area contributed by atoms with E-state index in [-0.39, 0.29) is 12.0 Å². The highest BCUT2D eigenvalue weighted by molar-refractivity contribution is 6.88. The Labute approximate surface area is 155 Å². The van der Waals surface area contributed by atoms with Gasteiger partial charge in [-0.3, -0.25) is 4.89 Å². The lowest BCUT2D eigenvalue weighted by Crippen LogP contribution is -2.37. The highest BCUT2D eigenvalue weighted by Gasteiger charge is 2.31. The lowest BCUT2D eigenvalue weighted by molar-refractivity contribution is -0.453. The molecule has 3 atom stereocenters. The molecule has 0 aromatic heterocycles. The summed E-state index contributed by atoms with van der Waals surface area (Å²) in [4.78, 5) is 32.5. The summed E-state index contributed by atoms with van der Waals surface area (Å²) < 4.78 is 5.24. The van der Waals surface area contributed by atoms with Crippen LogP contribution < -0.4 is 5.19 Å². The molecule has 1 aliphatic carbocycles. The van der Waals surface area contributed by atoms with Crippen molar-refractivity contribution in [2.45, 2.75) is 58.9 Å². The topological polar surface area (TPSA) is 71.1 Å². The molecule has 2 rings (SSSR count). The minimum Gasteiger partial charge on any atom is -0.429 e. The maximum absolute atomic E-state index is 11.9. The molecule has 1 aliphatic rings. The third-order valence-electron chi connectivity index (χ3n) is 5.08. The maximum Gasteiger partial charge on any atom is 0.543 e. The van der Waals surface area contributed by atoms with E-state index >= 15 is 0 Å². The fourth-order valence-electron chi connectivity index (χ4n) is 3.07. The number of ether oxygens (including phenoxy) is 1. The standard InChI is InChI=1S/C19H28O6Si/c1-13-7-6-8-17(14(13)2)22-19(21)24-25-23-18(20)15-9-11-16(12-10-15)26(3,4)5/h9-14,17H,6-8H2,1-5H3. The number of carbonyl (C=O) groups excluding carboxylic acids is 2. The van der Waals surface area contributed by atoms with Crippen LogP contribution in [0, 0.1) is 11.8 Å². The average molecular weight is 381 g/mol. The van der Waals surface area contributed by atoms with Crippen molar-refractivity contribution in [3.05, 3.63) is 29.8 Å². The van der Waals surface area contributed by atoms with Crippen LogP contribution in [0.2, 0.25) is 19.6 Å². The molecule has 7 heteroatoms. The maximum atomic E-state index is 11.9. The number of rotatable bonds is 5. The van der Waals surface area contributed by atoms with Crippen LogP contribution in [0.1, 0.15) is 43.5 Å². The van der Waals surface area contributed by atoms with Gasteiger partial charge in [-0.15, -0.1) is 0 Å². The second-order valence-corrected chi connectivity index (χ2v) is 13.1. The van der Waals surface area contributed by atoms with Crippen LogP contribution in [0.4, 0.5) is 4.79 Å². The summed E-state index contributed by atoms with van der Waals surface area (Å²) in [5.41, 5.74) is 0.318. The first-order valence-corrected chi connectivity index (χ1v) is 12.5. The van der Waals surface area contributed by atoms with Gasteiger partial charge >= 0.3 is 12.1 Å². The minimum absolute atomic E-state index is 0.209. The molecule has 0 spiro atoms. The predicted octanol–water partition coefficient (Wildman–Crippen LogP) is 4.21. The van der Waals surface area contributed by atoms with E-state index in [4.69, 9.17) is 4.74 Å². The lowest BCUT2D eigenvalue weighted by atomic mass is 9.79. The fourth-order valence-corrected chi connectivity index (χ4v) is 4.24. The van der Waals surface area contributed by atoms with Crippen molar-refractivity contribution in [2.24, 2.45) is 11.8 Å². The predicted molar refractivity (Wildman–Crippen MR) is 99.5 cm³/mol. The minimum atomic E-state index is -1.43. The van der Waals surface area contributed by atoms with Gasteiger partial charge in [0, 0.05) is 0 Å². The second kappa shape index (κ2) is 8.68. The van der Waals surface area contributed by atoms with E-state index in [2.05, 4.69) is 41.4 Å². The summed E-state index contributed by atoms with van der Waals surface area (Å²) in [6.45, 7) is 10.8. The Kier molecular flexibility index (Phi) is 6.83. The Bertz CT molecular complexity index is 622. The van der Waals surface area contributed by atoms with Gasteiger partial charge in [0.2, 0.25) is 0 Å². The molecule has 0 heterocycles. The van der Waals surface area contributed by atoms with Gasteiger partial charge in [-0.05, 0) is 36.8 Å². The van der Waals surface area contributed by atoms with Gasteiger partial charge in [-0.25, -0.2) is 14.5 Å². The third kappa shape index (κ3) is 5.57. The molecular formula is C19H28O6Si. The molecule has 1 aromatic rings. The molecule has 0 amide bonds. The van der Waals surface area contributed by atoms with Gasteiger partial charge < -0.3 is 4.74 Å². The number of carbonyl (C=O) groups is 2. The van der Waals surface area contributed by atoms with E-state index in [9.17, 15) is 9.59 Å². The first kappa shape index (κ1) is 20.4. The molecule has 1 aromatic carbocycles. The van der Waals surface area contributed by atoms with Crippen LogP contribution in [0.25, 0.3) is 0 Å². The third-order valence-corrected chi connectivity index (χ3v) is 7.14. The normalized spacial score (nSPS) is 23.2. The van der Waals surface area contributed by atoms with E-state index in [1.54, 1.807) is 12.1 Å². The van der Waals surface area contributed by atoms with Crippen LogP contribution in [-0.2, 0) is 19.6 Å². The molecule has 0 saturated heterocycles. The molecular weight excluding hydrogens is 352 g/mol. The van der Waals surface area contributed by atoms with Crippen molar-refractivity contribution < 1.29 is 29.1 Å². The molecule has 26 heavy (non-hydrogen) atoms. The summed E-state index contributed by atoms with van der Waals surface area (Å²) in [6.07, 6.45) is 1.72. The van der Waals surface area contributed by atoms with Crippen molar-refractivity contribution in [1.82, 2.24) is 0 Å². The number of benzene rings is 1. The summed E-state index contributed by atoms with van der Waals surface area (Å²) in [5.74, 6) is 0.00254. The van der Waals surface area contributed by atoms with Crippen LogP contribution in [0.5, 0.6) is 0 Å².